The minimum Gasteiger partial charge on any atom is -0.497 e. The van der Waals surface area contributed by atoms with Gasteiger partial charge < -0.3 is 9.57 Å². The maximum Gasteiger partial charge on any atom is 0.150 e. The Morgan fingerprint density at radius 1 is 1.30 bits per heavy atom. The smallest absolute Gasteiger partial charge is 0.150 e. The van der Waals surface area contributed by atoms with E-state index in [-0.39, 0.29) is 0 Å². The van der Waals surface area contributed by atoms with E-state index in [1.807, 2.05) is 6.07 Å². The minimum atomic E-state index is 0.597. The molecule has 1 aromatic rings. The fraction of sp³-hybridized carbons (Fsp3) is 0.143. The second-order valence-corrected chi connectivity index (χ2v) is 1.80. The molecule has 1 aromatic carbocycles. The molecule has 3 nitrogen and oxygen atoms in total. The van der Waals surface area contributed by atoms with Gasteiger partial charge in [-0.05, 0) is 12.1 Å². The molecule has 0 atom stereocenters. The molecule has 0 aromatic heterocycles. The topological polar surface area (TPSA) is 44.5 Å². The minimum absolute atomic E-state index is 0.597. The summed E-state index contributed by atoms with van der Waals surface area (Å²) in [4.78, 5) is 4.48. The fourth-order valence-corrected chi connectivity index (χ4v) is 0.674. The summed E-state index contributed by atoms with van der Waals surface area (Å²) in [5.41, 5.74) is 0. The van der Waals surface area contributed by atoms with Crippen molar-refractivity contribution in [3.05, 3.63) is 24.3 Å². The second kappa shape index (κ2) is 3.08. The largest absolute Gasteiger partial charge is 0.497 e. The zero-order valence-corrected chi connectivity index (χ0v) is 5.70. The van der Waals surface area contributed by atoms with Gasteiger partial charge in [0.2, 0.25) is 0 Å². The van der Waals surface area contributed by atoms with Crippen LogP contribution in [0.4, 0.5) is 0 Å². The molecule has 0 radical (unpaired) electrons. The highest BCUT2D eigenvalue weighted by Gasteiger charge is 1.92. The van der Waals surface area contributed by atoms with E-state index in [1.165, 1.54) is 0 Å². The Balaban J connectivity index is 2.87. The number of benzene rings is 1. The molecule has 54 valence electrons. The lowest BCUT2D eigenvalue weighted by Gasteiger charge is -2.00. The monoisotopic (exact) mass is 139 g/mol. The molecule has 0 amide bonds. The van der Waals surface area contributed by atoms with Crippen LogP contribution in [0.25, 0.3) is 0 Å². The third kappa shape index (κ3) is 1.39. The molecule has 0 unspecified atom stereocenters. The van der Waals surface area contributed by atoms with Gasteiger partial charge in [0, 0.05) is 6.07 Å². The van der Waals surface area contributed by atoms with E-state index in [1.54, 1.807) is 25.3 Å². The number of hydrogen-bond acceptors (Lipinski definition) is 3. The number of hydrogen-bond donors (Lipinski definition) is 1. The van der Waals surface area contributed by atoms with Crippen molar-refractivity contribution in [2.75, 3.05) is 7.11 Å². The highest BCUT2D eigenvalue weighted by atomic mass is 16.6. The van der Waals surface area contributed by atoms with Gasteiger partial charge in [0.15, 0.2) is 5.75 Å². The van der Waals surface area contributed by atoms with Gasteiger partial charge in [0.25, 0.3) is 0 Å². The van der Waals surface area contributed by atoms with Crippen LogP contribution >= 0.6 is 0 Å². The standard InChI is InChI=1S/C7H9NO2/c1-9-6-3-2-4-7(5-6)10-8/h2-5H,8H2,1H3. The summed E-state index contributed by atoms with van der Waals surface area (Å²) in [5, 5.41) is 0. The van der Waals surface area contributed by atoms with Gasteiger partial charge in [0.1, 0.15) is 5.75 Å². The van der Waals surface area contributed by atoms with Crippen molar-refractivity contribution in [3.63, 3.8) is 0 Å². The van der Waals surface area contributed by atoms with Crippen LogP contribution in [0.1, 0.15) is 0 Å². The van der Waals surface area contributed by atoms with Crippen LogP contribution in [0, 0.1) is 0 Å². The third-order valence-electron chi connectivity index (χ3n) is 1.18. The molecular weight excluding hydrogens is 130 g/mol. The maximum absolute atomic E-state index is 4.92. The average Bonchev–Trinajstić information content (AvgIpc) is 2.05. The van der Waals surface area contributed by atoms with E-state index in [0.29, 0.717) is 5.75 Å². The van der Waals surface area contributed by atoms with Crippen molar-refractivity contribution in [3.8, 4) is 11.5 Å². The Hall–Kier alpha value is -1.22. The molecule has 0 aliphatic rings. The van der Waals surface area contributed by atoms with E-state index in [9.17, 15) is 0 Å². The molecule has 0 spiro atoms. The van der Waals surface area contributed by atoms with Crippen LogP contribution in [-0.4, -0.2) is 7.11 Å². The number of methoxy groups -OCH3 is 1. The van der Waals surface area contributed by atoms with Crippen molar-refractivity contribution >= 4 is 0 Å². The Morgan fingerprint density at radius 3 is 2.60 bits per heavy atom. The Morgan fingerprint density at radius 2 is 2.00 bits per heavy atom. The fourth-order valence-electron chi connectivity index (χ4n) is 0.674. The van der Waals surface area contributed by atoms with Crippen molar-refractivity contribution in [1.82, 2.24) is 0 Å². The summed E-state index contributed by atoms with van der Waals surface area (Å²) in [6.45, 7) is 0. The summed E-state index contributed by atoms with van der Waals surface area (Å²) in [7, 11) is 1.59. The van der Waals surface area contributed by atoms with Gasteiger partial charge in [-0.25, -0.2) is 0 Å². The van der Waals surface area contributed by atoms with Crippen molar-refractivity contribution in [2.45, 2.75) is 0 Å². The van der Waals surface area contributed by atoms with Gasteiger partial charge in [-0.15, -0.1) is 0 Å². The van der Waals surface area contributed by atoms with Crippen LogP contribution in [-0.2, 0) is 0 Å². The van der Waals surface area contributed by atoms with Crippen molar-refractivity contribution < 1.29 is 9.57 Å². The third-order valence-corrected chi connectivity index (χ3v) is 1.18. The molecule has 1 rings (SSSR count). The predicted octanol–water partition coefficient (Wildman–Crippen LogP) is 0.948. The molecule has 10 heavy (non-hydrogen) atoms. The van der Waals surface area contributed by atoms with Gasteiger partial charge in [-0.3, -0.25) is 0 Å². The molecular formula is C7H9NO2. The number of nitrogens with two attached hydrogens (primary N) is 1. The van der Waals surface area contributed by atoms with E-state index >= 15 is 0 Å². The first-order valence-electron chi connectivity index (χ1n) is 2.87. The molecule has 2 N–H and O–H groups in total. The molecule has 0 saturated heterocycles. The van der Waals surface area contributed by atoms with E-state index < -0.39 is 0 Å². The lowest BCUT2D eigenvalue weighted by atomic mass is 10.3. The van der Waals surface area contributed by atoms with Gasteiger partial charge in [-0.1, -0.05) is 6.07 Å². The molecule has 0 aliphatic heterocycles. The quantitative estimate of drug-likeness (QED) is 0.620. The van der Waals surface area contributed by atoms with E-state index in [4.69, 9.17) is 10.6 Å². The zero-order chi connectivity index (χ0) is 7.40. The SMILES string of the molecule is COc1cccc(ON)c1. The molecule has 0 fully saturated rings. The maximum atomic E-state index is 4.92. The van der Waals surface area contributed by atoms with Gasteiger partial charge in [-0.2, -0.15) is 5.90 Å². The zero-order valence-electron chi connectivity index (χ0n) is 5.70. The first-order chi connectivity index (χ1) is 4.86. The second-order valence-electron chi connectivity index (χ2n) is 1.80. The first kappa shape index (κ1) is 6.89. The summed E-state index contributed by atoms with van der Waals surface area (Å²) < 4.78 is 4.92. The summed E-state index contributed by atoms with van der Waals surface area (Å²) in [5.74, 6) is 6.25. The van der Waals surface area contributed by atoms with Crippen molar-refractivity contribution in [1.29, 1.82) is 0 Å². The van der Waals surface area contributed by atoms with Gasteiger partial charge >= 0.3 is 0 Å². The van der Waals surface area contributed by atoms with Crippen LogP contribution in [0.15, 0.2) is 24.3 Å². The molecule has 0 heterocycles. The summed E-state index contributed by atoms with van der Waals surface area (Å²) >= 11 is 0. The highest BCUT2D eigenvalue weighted by molar-refractivity contribution is 5.32. The number of rotatable bonds is 2. The van der Waals surface area contributed by atoms with Crippen LogP contribution < -0.4 is 15.5 Å². The summed E-state index contributed by atoms with van der Waals surface area (Å²) in [6.07, 6.45) is 0. The average molecular weight is 139 g/mol. The first-order valence-corrected chi connectivity index (χ1v) is 2.87. The lowest BCUT2D eigenvalue weighted by molar-refractivity contribution is 0.330. The lowest BCUT2D eigenvalue weighted by Crippen LogP contribution is -2.01. The Kier molecular flexibility index (Phi) is 2.12. The Bertz CT molecular complexity index is 193. The van der Waals surface area contributed by atoms with E-state index in [0.717, 1.165) is 5.75 Å². The van der Waals surface area contributed by atoms with Crippen LogP contribution in [0.2, 0.25) is 0 Å². The van der Waals surface area contributed by atoms with Crippen LogP contribution in [0.5, 0.6) is 11.5 Å². The molecule has 3 heteroatoms. The normalized spacial score (nSPS) is 9.00. The molecule has 0 bridgehead atoms. The Labute approximate surface area is 59.3 Å². The van der Waals surface area contributed by atoms with Crippen molar-refractivity contribution in [2.24, 2.45) is 5.90 Å². The number of ether oxygens (including phenoxy) is 1. The highest BCUT2D eigenvalue weighted by Crippen LogP contribution is 2.17. The predicted molar refractivity (Wildman–Crippen MR) is 37.8 cm³/mol. The summed E-state index contributed by atoms with van der Waals surface area (Å²) in [6, 6.07) is 7.09. The molecule has 0 aliphatic carbocycles. The van der Waals surface area contributed by atoms with E-state index in [2.05, 4.69) is 4.84 Å². The molecule has 0 saturated carbocycles. The van der Waals surface area contributed by atoms with Crippen LogP contribution in [0.3, 0.4) is 0 Å². The van der Waals surface area contributed by atoms with Gasteiger partial charge in [0.05, 0.1) is 7.11 Å².